The fourth-order valence-corrected chi connectivity index (χ4v) is 7.30. The number of hydrogen-bond acceptors (Lipinski definition) is 8. The van der Waals surface area contributed by atoms with Gasteiger partial charge in [-0.1, -0.05) is 24.0 Å². The largest absolute Gasteiger partial charge is 0.489 e. The molecule has 1 aromatic heterocycles. The topological polar surface area (TPSA) is 84.1 Å². The second-order valence-electron chi connectivity index (χ2n) is 11.6. The zero-order valence-electron chi connectivity index (χ0n) is 26.5. The Balaban J connectivity index is 1.33. The highest BCUT2D eigenvalue weighted by Gasteiger charge is 2.32. The van der Waals surface area contributed by atoms with Crippen molar-refractivity contribution in [1.29, 1.82) is 0 Å². The summed E-state index contributed by atoms with van der Waals surface area (Å²) in [7, 11) is 2.91. The van der Waals surface area contributed by atoms with E-state index in [0.717, 1.165) is 68.4 Å². The van der Waals surface area contributed by atoms with E-state index in [1.165, 1.54) is 31.6 Å². The summed E-state index contributed by atoms with van der Waals surface area (Å²) in [6.45, 7) is 3.89. The minimum Gasteiger partial charge on any atom is -0.489 e. The number of carbonyl (C=O) groups excluding carboxylic acids is 1. The van der Waals surface area contributed by atoms with Crippen LogP contribution >= 0.6 is 11.3 Å². The van der Waals surface area contributed by atoms with Crippen LogP contribution in [0.4, 0.5) is 28.9 Å². The van der Waals surface area contributed by atoms with E-state index in [-0.39, 0.29) is 48.4 Å². The second kappa shape index (κ2) is 16.0. The van der Waals surface area contributed by atoms with Crippen molar-refractivity contribution < 1.29 is 36.6 Å². The molecule has 2 fully saturated rings. The first-order chi connectivity index (χ1) is 22.7. The number of nitrogens with one attached hydrogen (secondary N) is 3. The number of alkyl halides is 3. The number of anilines is 2. The zero-order chi connectivity index (χ0) is 33.4. The number of morpholine rings is 1. The van der Waals surface area contributed by atoms with E-state index in [0.29, 0.717) is 16.3 Å². The van der Waals surface area contributed by atoms with Crippen molar-refractivity contribution in [1.82, 2.24) is 10.2 Å². The number of ether oxygens (including phenoxy) is 3. The number of methoxy groups -OCH3 is 1. The third-order valence-electron chi connectivity index (χ3n) is 8.47. The van der Waals surface area contributed by atoms with Crippen LogP contribution in [0.3, 0.4) is 0 Å². The van der Waals surface area contributed by atoms with Crippen LogP contribution in [0.25, 0.3) is 10.1 Å². The third-order valence-corrected chi connectivity index (χ3v) is 9.67. The molecule has 2 aliphatic rings. The van der Waals surface area contributed by atoms with Crippen LogP contribution in [0, 0.1) is 17.7 Å². The van der Waals surface area contributed by atoms with Gasteiger partial charge in [-0.3, -0.25) is 9.69 Å². The van der Waals surface area contributed by atoms with Crippen molar-refractivity contribution in [3.8, 4) is 17.6 Å². The van der Waals surface area contributed by atoms with E-state index in [1.54, 1.807) is 12.1 Å². The monoisotopic (exact) mass is 676 g/mol. The van der Waals surface area contributed by atoms with Gasteiger partial charge in [0.1, 0.15) is 18.2 Å². The van der Waals surface area contributed by atoms with Crippen LogP contribution in [0.1, 0.15) is 46.5 Å². The number of hydrogen-bond donors (Lipinski definition) is 3. The SMILES string of the molecule is CNC(=O)c1cc(OCCOC)c(NCC#Cc2sc3c(NC4CCC(N5CCOCC5)CC4)cccc3c2CC(F)(F)F)cc1F. The average molecular weight is 677 g/mol. The molecule has 1 aliphatic carbocycles. The van der Waals surface area contributed by atoms with Gasteiger partial charge >= 0.3 is 6.18 Å². The molecule has 1 saturated heterocycles. The smallest absolute Gasteiger partial charge is 0.393 e. The van der Waals surface area contributed by atoms with E-state index in [4.69, 9.17) is 14.2 Å². The number of rotatable bonds is 11. The second-order valence-corrected chi connectivity index (χ2v) is 12.6. The van der Waals surface area contributed by atoms with Crippen LogP contribution in [-0.2, 0) is 15.9 Å². The minimum absolute atomic E-state index is 0.00338. The molecule has 13 heteroatoms. The summed E-state index contributed by atoms with van der Waals surface area (Å²) in [5.41, 5.74) is 1.03. The maximum atomic E-state index is 14.7. The van der Waals surface area contributed by atoms with Gasteiger partial charge in [0.15, 0.2) is 0 Å². The Morgan fingerprint density at radius 3 is 2.57 bits per heavy atom. The zero-order valence-corrected chi connectivity index (χ0v) is 27.3. The normalized spacial score (nSPS) is 18.8. The molecule has 1 amide bonds. The summed E-state index contributed by atoms with van der Waals surface area (Å²) in [6.07, 6.45) is -1.40. The predicted octanol–water partition coefficient (Wildman–Crippen LogP) is 6.05. The van der Waals surface area contributed by atoms with Gasteiger partial charge in [-0.15, -0.1) is 11.3 Å². The average Bonchev–Trinajstić information content (AvgIpc) is 3.40. The Kier molecular flexibility index (Phi) is 11.8. The molecule has 3 aromatic rings. The molecule has 2 heterocycles. The Morgan fingerprint density at radius 1 is 1.11 bits per heavy atom. The number of thiophene rings is 1. The lowest BCUT2D eigenvalue weighted by Crippen LogP contribution is -2.46. The number of halogens is 4. The van der Waals surface area contributed by atoms with Crippen LogP contribution in [0.15, 0.2) is 30.3 Å². The molecule has 0 atom stereocenters. The molecule has 0 bridgehead atoms. The molecular weight excluding hydrogens is 636 g/mol. The quantitative estimate of drug-likeness (QED) is 0.130. The lowest BCUT2D eigenvalue weighted by Gasteiger charge is -2.39. The first-order valence-electron chi connectivity index (χ1n) is 15.8. The molecule has 0 spiro atoms. The molecule has 0 unspecified atom stereocenters. The Morgan fingerprint density at radius 2 is 1.87 bits per heavy atom. The number of carbonyl (C=O) groups is 1. The van der Waals surface area contributed by atoms with Crippen molar-refractivity contribution in [2.45, 2.75) is 50.4 Å². The molecule has 2 aromatic carbocycles. The Labute approximate surface area is 276 Å². The number of nitrogens with zero attached hydrogens (tertiary/aromatic N) is 1. The molecule has 3 N–H and O–H groups in total. The van der Waals surface area contributed by atoms with Crippen molar-refractivity contribution >= 4 is 38.7 Å². The number of fused-ring (bicyclic) bond motifs is 1. The van der Waals surface area contributed by atoms with Crippen LogP contribution in [-0.4, -0.2) is 89.3 Å². The summed E-state index contributed by atoms with van der Waals surface area (Å²) in [6, 6.07) is 8.63. The van der Waals surface area contributed by atoms with E-state index in [1.807, 2.05) is 6.07 Å². The van der Waals surface area contributed by atoms with Gasteiger partial charge in [-0.25, -0.2) is 4.39 Å². The fraction of sp³-hybridized carbons (Fsp3) is 0.500. The van der Waals surface area contributed by atoms with Crippen LogP contribution < -0.4 is 20.7 Å². The highest BCUT2D eigenvalue weighted by Crippen LogP contribution is 2.40. The summed E-state index contributed by atoms with van der Waals surface area (Å²) in [5.74, 6) is 4.69. The summed E-state index contributed by atoms with van der Waals surface area (Å²) >= 11 is 1.25. The number of amides is 1. The molecule has 1 aliphatic heterocycles. The van der Waals surface area contributed by atoms with Crippen molar-refractivity contribution in [2.75, 3.05) is 70.9 Å². The lowest BCUT2D eigenvalue weighted by atomic mass is 9.89. The van der Waals surface area contributed by atoms with Gasteiger partial charge in [0.05, 0.1) is 59.3 Å². The van der Waals surface area contributed by atoms with Crippen LogP contribution in [0.5, 0.6) is 5.75 Å². The van der Waals surface area contributed by atoms with Crippen molar-refractivity contribution in [2.24, 2.45) is 0 Å². The summed E-state index contributed by atoms with van der Waals surface area (Å²) < 4.78 is 72.9. The molecule has 1 saturated carbocycles. The Bertz CT molecular complexity index is 1590. The maximum absolute atomic E-state index is 14.7. The minimum atomic E-state index is -4.41. The number of benzene rings is 2. The van der Waals surface area contributed by atoms with E-state index in [9.17, 15) is 22.4 Å². The van der Waals surface area contributed by atoms with E-state index < -0.39 is 24.3 Å². The van der Waals surface area contributed by atoms with E-state index in [2.05, 4.69) is 32.7 Å². The molecule has 0 radical (unpaired) electrons. The molecule has 8 nitrogen and oxygen atoms in total. The van der Waals surface area contributed by atoms with Gasteiger partial charge in [0.2, 0.25) is 0 Å². The van der Waals surface area contributed by atoms with Gasteiger partial charge in [-0.05, 0) is 48.8 Å². The predicted molar refractivity (Wildman–Crippen MR) is 176 cm³/mol. The lowest BCUT2D eigenvalue weighted by molar-refractivity contribution is -0.126. The van der Waals surface area contributed by atoms with Gasteiger partial charge < -0.3 is 30.2 Å². The molecule has 47 heavy (non-hydrogen) atoms. The van der Waals surface area contributed by atoms with E-state index >= 15 is 0 Å². The molecule has 254 valence electrons. The summed E-state index contributed by atoms with van der Waals surface area (Å²) in [5, 5.41) is 9.53. The Hall–Kier alpha value is -3.57. The fourth-order valence-electron chi connectivity index (χ4n) is 6.13. The van der Waals surface area contributed by atoms with Gasteiger partial charge in [-0.2, -0.15) is 13.2 Å². The highest BCUT2D eigenvalue weighted by molar-refractivity contribution is 7.20. The van der Waals surface area contributed by atoms with Gasteiger partial charge in [0, 0.05) is 45.4 Å². The van der Waals surface area contributed by atoms with Gasteiger partial charge in [0.25, 0.3) is 5.91 Å². The maximum Gasteiger partial charge on any atom is 0.393 e. The van der Waals surface area contributed by atoms with Crippen molar-refractivity contribution in [3.63, 3.8) is 0 Å². The third kappa shape index (κ3) is 9.07. The molecule has 5 rings (SSSR count). The first kappa shape index (κ1) is 34.8. The van der Waals surface area contributed by atoms with Crippen molar-refractivity contribution in [3.05, 3.63) is 52.2 Å². The van der Waals surface area contributed by atoms with Crippen LogP contribution in [0.2, 0.25) is 0 Å². The first-order valence-corrected chi connectivity index (χ1v) is 16.6. The molecular formula is C34H40F4N4O4S. The standard InChI is InChI=1S/C34H40F4N4O4S/c1-39-33(43)25-19-30(46-18-17-44-2)29(20-27(25)35)40-12-4-7-31-26(21-34(36,37)38)24-5-3-6-28(32(24)47-31)41-22-8-10-23(11-9-22)42-13-15-45-16-14-42/h3,5-6,19-20,22-23,40-41H,8-18,21H2,1-2H3,(H,39,43). The summed E-state index contributed by atoms with van der Waals surface area (Å²) in [4.78, 5) is 14.9. The highest BCUT2D eigenvalue weighted by atomic mass is 32.1.